The molecule has 86 valence electrons. The molecule has 0 aromatic heterocycles. The Bertz CT molecular complexity index is 376. The maximum absolute atomic E-state index is 5.95. The summed E-state index contributed by atoms with van der Waals surface area (Å²) in [6.45, 7) is 3.11. The first kappa shape index (κ1) is 10.3. The Balaban J connectivity index is 1.97. The van der Waals surface area contributed by atoms with Crippen molar-refractivity contribution in [1.82, 2.24) is 5.32 Å². The molecule has 0 radical (unpaired) electrons. The van der Waals surface area contributed by atoms with Gasteiger partial charge in [0.1, 0.15) is 0 Å². The van der Waals surface area contributed by atoms with Gasteiger partial charge in [0.05, 0.1) is 0 Å². The molecule has 1 aliphatic heterocycles. The van der Waals surface area contributed by atoms with Gasteiger partial charge in [-0.25, -0.2) is 0 Å². The number of rotatable bonds is 3. The normalized spacial score (nSPS) is 26.9. The number of nitrogens with two attached hydrogens (primary N) is 1. The molecule has 1 aromatic rings. The second-order valence-electron chi connectivity index (χ2n) is 5.26. The first-order valence-electron chi connectivity index (χ1n) is 6.36. The molecule has 2 fully saturated rings. The van der Waals surface area contributed by atoms with E-state index in [1.54, 1.807) is 5.56 Å². The molecule has 1 unspecified atom stereocenters. The maximum Gasteiger partial charge on any atom is 0.00790 e. The van der Waals surface area contributed by atoms with E-state index in [0.717, 1.165) is 19.6 Å². The minimum atomic E-state index is 0.333. The summed E-state index contributed by atoms with van der Waals surface area (Å²) < 4.78 is 0. The van der Waals surface area contributed by atoms with E-state index in [1.165, 1.54) is 24.8 Å². The highest BCUT2D eigenvalue weighted by Gasteiger charge is 2.44. The zero-order chi connectivity index (χ0) is 11.0. The molecular formula is C14H20N2. The first-order chi connectivity index (χ1) is 7.86. The number of nitrogens with one attached hydrogen (secondary N) is 1. The van der Waals surface area contributed by atoms with E-state index < -0.39 is 0 Å². The summed E-state index contributed by atoms with van der Waals surface area (Å²) in [5.41, 5.74) is 9.37. The van der Waals surface area contributed by atoms with E-state index in [0.29, 0.717) is 11.3 Å². The average molecular weight is 216 g/mol. The molecule has 2 nitrogen and oxygen atoms in total. The maximum atomic E-state index is 5.95. The summed E-state index contributed by atoms with van der Waals surface area (Å²) in [7, 11) is 0. The lowest BCUT2D eigenvalue weighted by Gasteiger charge is -2.21. The zero-order valence-corrected chi connectivity index (χ0v) is 9.71. The molecule has 1 saturated carbocycles. The van der Waals surface area contributed by atoms with Crippen molar-refractivity contribution in [3.05, 3.63) is 35.4 Å². The molecule has 1 aromatic carbocycles. The van der Waals surface area contributed by atoms with E-state index in [1.807, 2.05) is 0 Å². The van der Waals surface area contributed by atoms with Crippen LogP contribution in [-0.2, 0) is 5.41 Å². The van der Waals surface area contributed by atoms with E-state index in [-0.39, 0.29) is 0 Å². The first-order valence-corrected chi connectivity index (χ1v) is 6.36. The standard InChI is InChI=1S/C14H20N2/c15-10-14(6-7-14)13-4-2-1-3-12(13)11-5-8-16-9-11/h1-4,11,16H,5-10,15H2. The van der Waals surface area contributed by atoms with Crippen LogP contribution in [0.25, 0.3) is 0 Å². The van der Waals surface area contributed by atoms with Crippen molar-refractivity contribution >= 4 is 0 Å². The van der Waals surface area contributed by atoms with Gasteiger partial charge in [-0.05, 0) is 42.9 Å². The Labute approximate surface area is 97.2 Å². The highest BCUT2D eigenvalue weighted by atomic mass is 14.9. The van der Waals surface area contributed by atoms with E-state index in [9.17, 15) is 0 Å². The monoisotopic (exact) mass is 216 g/mol. The van der Waals surface area contributed by atoms with Gasteiger partial charge in [0.15, 0.2) is 0 Å². The van der Waals surface area contributed by atoms with E-state index in [2.05, 4.69) is 29.6 Å². The van der Waals surface area contributed by atoms with Crippen LogP contribution in [0.3, 0.4) is 0 Å². The summed E-state index contributed by atoms with van der Waals surface area (Å²) in [5.74, 6) is 0.709. The molecule has 1 atom stereocenters. The molecule has 2 heteroatoms. The van der Waals surface area contributed by atoms with Crippen LogP contribution in [0, 0.1) is 0 Å². The average Bonchev–Trinajstić information content (AvgIpc) is 2.95. The molecule has 3 N–H and O–H groups in total. The molecule has 16 heavy (non-hydrogen) atoms. The molecule has 0 amide bonds. The van der Waals surface area contributed by atoms with Crippen molar-refractivity contribution < 1.29 is 0 Å². The molecule has 1 saturated heterocycles. The van der Waals surface area contributed by atoms with Crippen LogP contribution in [-0.4, -0.2) is 19.6 Å². The van der Waals surface area contributed by atoms with Crippen molar-refractivity contribution in [3.63, 3.8) is 0 Å². The van der Waals surface area contributed by atoms with Crippen LogP contribution in [0.2, 0.25) is 0 Å². The van der Waals surface area contributed by atoms with Crippen LogP contribution < -0.4 is 11.1 Å². The third-order valence-corrected chi connectivity index (χ3v) is 4.28. The van der Waals surface area contributed by atoms with Gasteiger partial charge in [0.25, 0.3) is 0 Å². The zero-order valence-electron chi connectivity index (χ0n) is 9.71. The molecule has 0 spiro atoms. The Morgan fingerprint density at radius 3 is 2.75 bits per heavy atom. The fraction of sp³-hybridized carbons (Fsp3) is 0.571. The van der Waals surface area contributed by atoms with E-state index >= 15 is 0 Å². The highest BCUT2D eigenvalue weighted by molar-refractivity contribution is 5.41. The molecule has 3 rings (SSSR count). The fourth-order valence-electron chi connectivity index (χ4n) is 2.99. The van der Waals surface area contributed by atoms with Gasteiger partial charge in [-0.15, -0.1) is 0 Å². The minimum Gasteiger partial charge on any atom is -0.330 e. The van der Waals surface area contributed by atoms with Crippen molar-refractivity contribution in [2.75, 3.05) is 19.6 Å². The van der Waals surface area contributed by atoms with Gasteiger partial charge >= 0.3 is 0 Å². The third kappa shape index (κ3) is 1.57. The predicted octanol–water partition coefficient (Wildman–Crippen LogP) is 1.75. The second-order valence-corrected chi connectivity index (χ2v) is 5.26. The van der Waals surface area contributed by atoms with Crippen LogP contribution >= 0.6 is 0 Å². The van der Waals surface area contributed by atoms with Crippen LogP contribution in [0.15, 0.2) is 24.3 Å². The Morgan fingerprint density at radius 2 is 2.12 bits per heavy atom. The van der Waals surface area contributed by atoms with Crippen molar-refractivity contribution in [1.29, 1.82) is 0 Å². The number of benzene rings is 1. The second kappa shape index (κ2) is 3.86. The van der Waals surface area contributed by atoms with Crippen molar-refractivity contribution in [3.8, 4) is 0 Å². The molecule has 1 aliphatic carbocycles. The third-order valence-electron chi connectivity index (χ3n) is 4.28. The molecule has 1 heterocycles. The number of hydrogen-bond donors (Lipinski definition) is 2. The van der Waals surface area contributed by atoms with Crippen molar-refractivity contribution in [2.24, 2.45) is 5.73 Å². The summed E-state index contributed by atoms with van der Waals surface area (Å²) in [6, 6.07) is 8.94. The quantitative estimate of drug-likeness (QED) is 0.808. The SMILES string of the molecule is NCC1(c2ccccc2C2CCNC2)CC1. The van der Waals surface area contributed by atoms with Gasteiger partial charge in [-0.1, -0.05) is 24.3 Å². The summed E-state index contributed by atoms with van der Waals surface area (Å²) in [6.07, 6.45) is 3.83. The molecular weight excluding hydrogens is 196 g/mol. The van der Waals surface area contributed by atoms with Crippen LogP contribution in [0.1, 0.15) is 36.3 Å². The van der Waals surface area contributed by atoms with Gasteiger partial charge in [0.2, 0.25) is 0 Å². The summed E-state index contributed by atoms with van der Waals surface area (Å²) in [4.78, 5) is 0. The van der Waals surface area contributed by atoms with Crippen molar-refractivity contribution in [2.45, 2.75) is 30.6 Å². The van der Waals surface area contributed by atoms with Gasteiger partial charge in [0, 0.05) is 18.5 Å². The fourth-order valence-corrected chi connectivity index (χ4v) is 2.99. The van der Waals surface area contributed by atoms with Crippen LogP contribution in [0.4, 0.5) is 0 Å². The Kier molecular flexibility index (Phi) is 2.49. The largest absolute Gasteiger partial charge is 0.330 e. The smallest absolute Gasteiger partial charge is 0.00790 e. The lowest BCUT2D eigenvalue weighted by atomic mass is 9.85. The minimum absolute atomic E-state index is 0.333. The van der Waals surface area contributed by atoms with Gasteiger partial charge in [-0.3, -0.25) is 0 Å². The number of hydrogen-bond acceptors (Lipinski definition) is 2. The Hall–Kier alpha value is -0.860. The lowest BCUT2D eigenvalue weighted by Crippen LogP contribution is -2.22. The van der Waals surface area contributed by atoms with Gasteiger partial charge in [-0.2, -0.15) is 0 Å². The van der Waals surface area contributed by atoms with E-state index in [4.69, 9.17) is 5.73 Å². The lowest BCUT2D eigenvalue weighted by molar-refractivity contribution is 0.666. The molecule has 2 aliphatic rings. The van der Waals surface area contributed by atoms with Gasteiger partial charge < -0.3 is 11.1 Å². The Morgan fingerprint density at radius 1 is 1.31 bits per heavy atom. The topological polar surface area (TPSA) is 38.0 Å². The molecule has 0 bridgehead atoms. The predicted molar refractivity (Wildman–Crippen MR) is 66.6 cm³/mol. The summed E-state index contributed by atoms with van der Waals surface area (Å²) in [5, 5.41) is 3.46. The summed E-state index contributed by atoms with van der Waals surface area (Å²) >= 11 is 0. The highest BCUT2D eigenvalue weighted by Crippen LogP contribution is 2.49. The van der Waals surface area contributed by atoms with Crippen LogP contribution in [0.5, 0.6) is 0 Å².